The van der Waals surface area contributed by atoms with Gasteiger partial charge in [0, 0.05) is 18.2 Å². The van der Waals surface area contributed by atoms with E-state index in [4.69, 9.17) is 0 Å². The summed E-state index contributed by atoms with van der Waals surface area (Å²) in [5, 5.41) is 0. The van der Waals surface area contributed by atoms with Crippen molar-refractivity contribution in [2.24, 2.45) is 4.40 Å². The van der Waals surface area contributed by atoms with Crippen LogP contribution in [0.3, 0.4) is 0 Å². The largest absolute Gasteiger partial charge is 0.349 e. The maximum absolute atomic E-state index is 12.8. The molecule has 2 aromatic carbocycles. The second kappa shape index (κ2) is 7.96. The third-order valence-corrected chi connectivity index (χ3v) is 6.79. The number of hydrogen-bond acceptors (Lipinski definition) is 4. The molecule has 0 aromatic heterocycles. The molecule has 0 bridgehead atoms. The minimum atomic E-state index is -3.68. The minimum Gasteiger partial charge on any atom is -0.349 e. The van der Waals surface area contributed by atoms with Crippen LogP contribution in [0.2, 0.25) is 0 Å². The molecule has 2 aliphatic rings. The Bertz CT molecular complexity index is 1030. The zero-order chi connectivity index (χ0) is 20.4. The molecule has 7 nitrogen and oxygen atoms in total. The van der Waals surface area contributed by atoms with E-state index in [-0.39, 0.29) is 17.3 Å². The van der Waals surface area contributed by atoms with Crippen molar-refractivity contribution in [2.45, 2.75) is 11.4 Å². The molecule has 0 radical (unpaired) electrons. The second-order valence-electron chi connectivity index (χ2n) is 7.54. The lowest BCUT2D eigenvalue weighted by Crippen LogP contribution is -3.13. The first-order chi connectivity index (χ1) is 13.9. The first-order valence-electron chi connectivity index (χ1n) is 9.75. The number of nitrogens with zero attached hydrogens (tertiary/aromatic N) is 3. The van der Waals surface area contributed by atoms with Crippen molar-refractivity contribution >= 4 is 21.8 Å². The number of rotatable bonds is 4. The molecule has 8 heteroatoms. The van der Waals surface area contributed by atoms with E-state index < -0.39 is 10.0 Å². The molecule has 2 heterocycles. The van der Waals surface area contributed by atoms with Gasteiger partial charge in [-0.15, -0.1) is 4.40 Å². The molecule has 0 saturated carbocycles. The summed E-state index contributed by atoms with van der Waals surface area (Å²) in [6.45, 7) is 4.29. The van der Waals surface area contributed by atoms with Gasteiger partial charge in [-0.2, -0.15) is 8.42 Å². The Labute approximate surface area is 171 Å². The molecule has 1 amide bonds. The van der Waals surface area contributed by atoms with Gasteiger partial charge in [-0.1, -0.05) is 42.5 Å². The van der Waals surface area contributed by atoms with E-state index in [0.717, 1.165) is 19.6 Å². The summed E-state index contributed by atoms with van der Waals surface area (Å²) in [7, 11) is -1.97. The summed E-state index contributed by atoms with van der Waals surface area (Å²) in [5.41, 5.74) is 1.86. The molecule has 152 valence electrons. The number of amidine groups is 1. The fourth-order valence-electron chi connectivity index (χ4n) is 3.88. The summed E-state index contributed by atoms with van der Waals surface area (Å²) < 4.78 is 28.3. The topological polar surface area (TPSA) is 74.5 Å². The van der Waals surface area contributed by atoms with E-state index in [1.165, 1.54) is 10.5 Å². The van der Waals surface area contributed by atoms with E-state index in [9.17, 15) is 13.2 Å². The zero-order valence-electron chi connectivity index (χ0n) is 16.4. The van der Waals surface area contributed by atoms with Crippen molar-refractivity contribution in [1.29, 1.82) is 0 Å². The number of sulfonamides is 1. The van der Waals surface area contributed by atoms with Crippen LogP contribution in [0.1, 0.15) is 11.1 Å². The molecule has 0 aliphatic carbocycles. The predicted octanol–water partition coefficient (Wildman–Crippen LogP) is -0.00540. The average molecular weight is 414 g/mol. The fraction of sp³-hybridized carbons (Fsp3) is 0.333. The summed E-state index contributed by atoms with van der Waals surface area (Å²) in [6.07, 6.45) is 0. The quantitative estimate of drug-likeness (QED) is 0.766. The van der Waals surface area contributed by atoms with Crippen LogP contribution in [0.4, 0.5) is 0 Å². The number of hydrogen-bond donors (Lipinski definition) is 1. The Morgan fingerprint density at radius 3 is 2.45 bits per heavy atom. The lowest BCUT2D eigenvalue weighted by atomic mass is 10.2. The molecular formula is C21H25N4O3S+. The normalized spacial score (nSPS) is 18.2. The zero-order valence-corrected chi connectivity index (χ0v) is 17.2. The minimum absolute atomic E-state index is 0.00394. The van der Waals surface area contributed by atoms with E-state index >= 15 is 0 Å². The molecule has 1 N–H and O–H groups in total. The van der Waals surface area contributed by atoms with Crippen LogP contribution in [0.5, 0.6) is 0 Å². The van der Waals surface area contributed by atoms with Crippen molar-refractivity contribution in [3.63, 3.8) is 0 Å². The lowest BCUT2D eigenvalue weighted by molar-refractivity contribution is -0.917. The van der Waals surface area contributed by atoms with Gasteiger partial charge in [0.2, 0.25) is 5.91 Å². The average Bonchev–Trinajstić information content (AvgIpc) is 3.01. The number of carbonyl (C=O) groups excluding carboxylic acids is 1. The highest BCUT2D eigenvalue weighted by Gasteiger charge is 2.32. The number of quaternary nitrogens is 1. The highest BCUT2D eigenvalue weighted by molar-refractivity contribution is 7.90. The monoisotopic (exact) mass is 413 g/mol. The van der Waals surface area contributed by atoms with Crippen molar-refractivity contribution in [1.82, 2.24) is 9.80 Å². The van der Waals surface area contributed by atoms with Gasteiger partial charge < -0.3 is 14.7 Å². The molecule has 0 spiro atoms. The van der Waals surface area contributed by atoms with Gasteiger partial charge in [-0.3, -0.25) is 4.79 Å². The number of benzene rings is 2. The Balaban J connectivity index is 1.35. The number of likely N-dealkylation sites (N-methyl/N-ethyl adjacent to an activating group) is 1. The second-order valence-corrected chi connectivity index (χ2v) is 9.11. The van der Waals surface area contributed by atoms with Gasteiger partial charge in [-0.05, 0) is 12.1 Å². The Kier molecular flexibility index (Phi) is 5.38. The standard InChI is InChI=1S/C21H24N4O3S/c1-23(21-18-9-5-6-10-19(18)29(27,28)22-21)16-20(26)25-13-11-24(12-14-25)15-17-7-3-2-4-8-17/h2-10H,11-16H2,1H3/p+1. The van der Waals surface area contributed by atoms with E-state index in [0.29, 0.717) is 24.5 Å². The van der Waals surface area contributed by atoms with E-state index in [1.807, 2.05) is 11.0 Å². The van der Waals surface area contributed by atoms with Gasteiger partial charge in [0.15, 0.2) is 5.84 Å². The number of amides is 1. The fourth-order valence-corrected chi connectivity index (χ4v) is 5.13. The summed E-state index contributed by atoms with van der Waals surface area (Å²) in [4.78, 5) is 17.9. The summed E-state index contributed by atoms with van der Waals surface area (Å²) >= 11 is 0. The maximum atomic E-state index is 12.8. The molecule has 0 unspecified atom stereocenters. The summed E-state index contributed by atoms with van der Waals surface area (Å²) in [5.74, 6) is 0.332. The molecule has 0 atom stereocenters. The number of piperazine rings is 1. The highest BCUT2D eigenvalue weighted by Crippen LogP contribution is 2.26. The van der Waals surface area contributed by atoms with Crippen molar-refractivity contribution < 1.29 is 18.1 Å². The van der Waals surface area contributed by atoms with Gasteiger partial charge in [0.1, 0.15) is 11.4 Å². The molecule has 2 aromatic rings. The Morgan fingerprint density at radius 2 is 1.72 bits per heavy atom. The third kappa shape index (κ3) is 4.18. The maximum Gasteiger partial charge on any atom is 0.285 e. The number of carbonyl (C=O) groups is 1. The van der Waals surface area contributed by atoms with Gasteiger partial charge >= 0.3 is 0 Å². The Morgan fingerprint density at radius 1 is 1.07 bits per heavy atom. The van der Waals surface area contributed by atoms with Crippen LogP contribution in [0.25, 0.3) is 0 Å². The first-order valence-corrected chi connectivity index (χ1v) is 11.2. The third-order valence-electron chi connectivity index (χ3n) is 5.47. The van der Waals surface area contributed by atoms with Crippen LogP contribution in [0, 0.1) is 0 Å². The summed E-state index contributed by atoms with van der Waals surface area (Å²) in [6, 6.07) is 17.1. The van der Waals surface area contributed by atoms with Crippen LogP contribution in [-0.2, 0) is 21.4 Å². The van der Waals surface area contributed by atoms with Gasteiger partial charge in [-0.25, -0.2) is 0 Å². The lowest BCUT2D eigenvalue weighted by Gasteiger charge is -2.33. The Hall–Kier alpha value is -2.71. The molecule has 1 fully saturated rings. The van der Waals surface area contributed by atoms with Crippen LogP contribution < -0.4 is 4.90 Å². The molecule has 4 rings (SSSR count). The van der Waals surface area contributed by atoms with Crippen molar-refractivity contribution in [3.8, 4) is 0 Å². The van der Waals surface area contributed by atoms with Crippen LogP contribution >= 0.6 is 0 Å². The smallest absolute Gasteiger partial charge is 0.285 e. The van der Waals surface area contributed by atoms with Crippen molar-refractivity contribution in [2.75, 3.05) is 39.8 Å². The van der Waals surface area contributed by atoms with E-state index in [2.05, 4.69) is 28.7 Å². The van der Waals surface area contributed by atoms with Crippen LogP contribution in [0.15, 0.2) is 63.9 Å². The molecule has 2 aliphatic heterocycles. The molecule has 29 heavy (non-hydrogen) atoms. The molecular weight excluding hydrogens is 388 g/mol. The number of fused-ring (bicyclic) bond motifs is 1. The van der Waals surface area contributed by atoms with E-state index in [1.54, 1.807) is 36.2 Å². The highest BCUT2D eigenvalue weighted by atomic mass is 32.2. The van der Waals surface area contributed by atoms with Gasteiger partial charge in [0.25, 0.3) is 10.0 Å². The van der Waals surface area contributed by atoms with Crippen molar-refractivity contribution in [3.05, 3.63) is 65.7 Å². The predicted molar refractivity (Wildman–Crippen MR) is 110 cm³/mol. The SMILES string of the molecule is CN(CC(=O)N1CC[NH+](Cc2ccccc2)CC1)C1=NS(=O)(=O)c2ccccc21. The van der Waals surface area contributed by atoms with Crippen LogP contribution in [-0.4, -0.2) is 69.7 Å². The molecule has 1 saturated heterocycles. The first kappa shape index (κ1) is 19.6. The number of nitrogens with one attached hydrogen (secondary N) is 1. The van der Waals surface area contributed by atoms with Gasteiger partial charge in [0.05, 0.1) is 32.7 Å².